The fourth-order valence-electron chi connectivity index (χ4n) is 1.78. The van der Waals surface area contributed by atoms with Gasteiger partial charge in [-0.05, 0) is 42.7 Å². The van der Waals surface area contributed by atoms with Gasteiger partial charge in [0.25, 0.3) is 0 Å². The van der Waals surface area contributed by atoms with E-state index in [4.69, 9.17) is 23.2 Å². The maximum absolute atomic E-state index is 6.19. The number of rotatable bonds is 3. The van der Waals surface area contributed by atoms with Gasteiger partial charge in [0.05, 0.1) is 10.7 Å². The molecule has 0 heterocycles. The predicted molar refractivity (Wildman–Crippen MR) is 79.7 cm³/mol. The molecule has 0 bridgehead atoms. The van der Waals surface area contributed by atoms with Crippen molar-refractivity contribution in [2.45, 2.75) is 20.4 Å². The lowest BCUT2D eigenvalue weighted by Gasteiger charge is -2.11. The Morgan fingerprint density at radius 3 is 2.39 bits per heavy atom. The lowest BCUT2D eigenvalue weighted by Crippen LogP contribution is -2.01. The van der Waals surface area contributed by atoms with Crippen molar-refractivity contribution < 1.29 is 0 Å². The fourth-order valence-corrected chi connectivity index (χ4v) is 2.23. The quantitative estimate of drug-likeness (QED) is 0.812. The largest absolute Gasteiger partial charge is 0.380 e. The van der Waals surface area contributed by atoms with Gasteiger partial charge in [-0.15, -0.1) is 0 Å². The van der Waals surface area contributed by atoms with Crippen LogP contribution in [0.5, 0.6) is 0 Å². The molecule has 1 N–H and O–H groups in total. The van der Waals surface area contributed by atoms with Gasteiger partial charge in [-0.1, -0.05) is 47.5 Å². The third-order valence-electron chi connectivity index (χ3n) is 2.98. The Balaban J connectivity index is 2.16. The molecule has 0 aliphatic rings. The van der Waals surface area contributed by atoms with E-state index in [0.717, 1.165) is 22.8 Å². The second-order valence-corrected chi connectivity index (χ2v) is 5.18. The van der Waals surface area contributed by atoms with Crippen LogP contribution in [0.4, 0.5) is 5.69 Å². The monoisotopic (exact) mass is 279 g/mol. The van der Waals surface area contributed by atoms with Crippen LogP contribution in [0.3, 0.4) is 0 Å². The van der Waals surface area contributed by atoms with Crippen LogP contribution in [0.15, 0.2) is 36.4 Å². The molecule has 0 saturated heterocycles. The van der Waals surface area contributed by atoms with Crippen molar-refractivity contribution >= 4 is 28.9 Å². The maximum atomic E-state index is 6.19. The van der Waals surface area contributed by atoms with Gasteiger partial charge < -0.3 is 5.32 Å². The average Bonchev–Trinajstić information content (AvgIpc) is 2.34. The first-order chi connectivity index (χ1) is 8.58. The van der Waals surface area contributed by atoms with Crippen molar-refractivity contribution in [2.24, 2.45) is 0 Å². The Hall–Kier alpha value is -1.18. The maximum Gasteiger partial charge on any atom is 0.0641 e. The van der Waals surface area contributed by atoms with Gasteiger partial charge in [0.1, 0.15) is 0 Å². The number of benzene rings is 2. The minimum absolute atomic E-state index is 0.700. The van der Waals surface area contributed by atoms with E-state index >= 15 is 0 Å². The SMILES string of the molecule is Cc1cc(Cl)c(NCc2ccccc2C)cc1Cl. The molecule has 0 spiro atoms. The van der Waals surface area contributed by atoms with E-state index in [1.807, 2.05) is 31.2 Å². The highest BCUT2D eigenvalue weighted by Gasteiger charge is 2.05. The summed E-state index contributed by atoms with van der Waals surface area (Å²) in [5.41, 5.74) is 4.38. The van der Waals surface area contributed by atoms with Crippen molar-refractivity contribution in [1.82, 2.24) is 0 Å². The minimum atomic E-state index is 0.700. The van der Waals surface area contributed by atoms with E-state index in [2.05, 4.69) is 24.4 Å². The predicted octanol–water partition coefficient (Wildman–Crippen LogP) is 5.22. The highest BCUT2D eigenvalue weighted by atomic mass is 35.5. The molecule has 0 atom stereocenters. The van der Waals surface area contributed by atoms with Crippen molar-refractivity contribution in [3.05, 3.63) is 63.1 Å². The number of hydrogen-bond acceptors (Lipinski definition) is 1. The van der Waals surface area contributed by atoms with Gasteiger partial charge >= 0.3 is 0 Å². The van der Waals surface area contributed by atoms with E-state index in [9.17, 15) is 0 Å². The van der Waals surface area contributed by atoms with Crippen LogP contribution < -0.4 is 5.32 Å². The zero-order chi connectivity index (χ0) is 13.1. The summed E-state index contributed by atoms with van der Waals surface area (Å²) in [6.07, 6.45) is 0. The molecule has 0 amide bonds. The van der Waals surface area contributed by atoms with Crippen molar-refractivity contribution in [3.63, 3.8) is 0 Å². The molecule has 0 radical (unpaired) electrons. The Morgan fingerprint density at radius 2 is 1.67 bits per heavy atom. The van der Waals surface area contributed by atoms with Crippen LogP contribution in [-0.4, -0.2) is 0 Å². The molecule has 18 heavy (non-hydrogen) atoms. The molecule has 0 saturated carbocycles. The Kier molecular flexibility index (Phi) is 4.15. The summed E-state index contributed by atoms with van der Waals surface area (Å²) in [5.74, 6) is 0. The van der Waals surface area contributed by atoms with Gasteiger partial charge in [-0.2, -0.15) is 0 Å². The molecule has 0 fully saturated rings. The van der Waals surface area contributed by atoms with Crippen molar-refractivity contribution in [3.8, 4) is 0 Å². The Morgan fingerprint density at radius 1 is 0.944 bits per heavy atom. The van der Waals surface area contributed by atoms with Crippen LogP contribution in [-0.2, 0) is 6.54 Å². The van der Waals surface area contributed by atoms with Crippen LogP contribution in [0.1, 0.15) is 16.7 Å². The molecule has 0 aliphatic carbocycles. The normalized spacial score (nSPS) is 10.4. The highest BCUT2D eigenvalue weighted by molar-refractivity contribution is 6.35. The molecule has 2 aromatic rings. The highest BCUT2D eigenvalue weighted by Crippen LogP contribution is 2.29. The third-order valence-corrected chi connectivity index (χ3v) is 3.70. The summed E-state index contributed by atoms with van der Waals surface area (Å²) >= 11 is 12.3. The third kappa shape index (κ3) is 2.98. The van der Waals surface area contributed by atoms with E-state index in [-0.39, 0.29) is 0 Å². The number of halogens is 2. The second kappa shape index (κ2) is 5.64. The summed E-state index contributed by atoms with van der Waals surface area (Å²) in [7, 11) is 0. The van der Waals surface area contributed by atoms with Gasteiger partial charge in [-0.3, -0.25) is 0 Å². The van der Waals surface area contributed by atoms with Crippen LogP contribution in [0.2, 0.25) is 10.0 Å². The van der Waals surface area contributed by atoms with E-state index in [0.29, 0.717) is 5.02 Å². The average molecular weight is 280 g/mol. The Labute approximate surface area is 118 Å². The summed E-state index contributed by atoms with van der Waals surface area (Å²) in [6, 6.07) is 12.0. The standard InChI is InChI=1S/C15H15Cl2N/c1-10-5-3-4-6-12(10)9-18-15-8-13(16)11(2)7-14(15)17/h3-8,18H,9H2,1-2H3. The van der Waals surface area contributed by atoms with Crippen LogP contribution in [0, 0.1) is 13.8 Å². The first-order valence-corrected chi connectivity index (χ1v) is 6.57. The van der Waals surface area contributed by atoms with E-state index < -0.39 is 0 Å². The smallest absolute Gasteiger partial charge is 0.0641 e. The molecule has 0 aliphatic heterocycles. The molecule has 3 heteroatoms. The Bertz CT molecular complexity index is 564. The first-order valence-electron chi connectivity index (χ1n) is 5.82. The van der Waals surface area contributed by atoms with E-state index in [1.165, 1.54) is 11.1 Å². The van der Waals surface area contributed by atoms with Crippen LogP contribution >= 0.6 is 23.2 Å². The molecule has 2 rings (SSSR count). The first kappa shape index (κ1) is 13.3. The van der Waals surface area contributed by atoms with Gasteiger partial charge in [-0.25, -0.2) is 0 Å². The van der Waals surface area contributed by atoms with Gasteiger partial charge in [0.15, 0.2) is 0 Å². The van der Waals surface area contributed by atoms with Crippen molar-refractivity contribution in [2.75, 3.05) is 5.32 Å². The fraction of sp³-hybridized carbons (Fsp3) is 0.200. The van der Waals surface area contributed by atoms with E-state index in [1.54, 1.807) is 0 Å². The molecule has 0 unspecified atom stereocenters. The molecule has 0 aromatic heterocycles. The number of hydrogen-bond donors (Lipinski definition) is 1. The molecular formula is C15H15Cl2N. The number of anilines is 1. The second-order valence-electron chi connectivity index (χ2n) is 4.36. The van der Waals surface area contributed by atoms with Crippen molar-refractivity contribution in [1.29, 1.82) is 0 Å². The molecule has 1 nitrogen and oxygen atoms in total. The lowest BCUT2D eigenvalue weighted by molar-refractivity contribution is 1.12. The molecular weight excluding hydrogens is 265 g/mol. The number of nitrogens with one attached hydrogen (secondary N) is 1. The zero-order valence-corrected chi connectivity index (χ0v) is 11.9. The topological polar surface area (TPSA) is 12.0 Å². The zero-order valence-electron chi connectivity index (χ0n) is 10.4. The summed E-state index contributed by atoms with van der Waals surface area (Å²) < 4.78 is 0. The summed E-state index contributed by atoms with van der Waals surface area (Å²) in [6.45, 7) is 4.78. The van der Waals surface area contributed by atoms with Gasteiger partial charge in [0, 0.05) is 11.6 Å². The van der Waals surface area contributed by atoms with Crippen LogP contribution in [0.25, 0.3) is 0 Å². The summed E-state index contributed by atoms with van der Waals surface area (Å²) in [4.78, 5) is 0. The molecule has 2 aromatic carbocycles. The minimum Gasteiger partial charge on any atom is -0.380 e. The van der Waals surface area contributed by atoms with Gasteiger partial charge in [0.2, 0.25) is 0 Å². The molecule has 94 valence electrons. The lowest BCUT2D eigenvalue weighted by atomic mass is 10.1. The number of aryl methyl sites for hydroxylation is 2. The summed E-state index contributed by atoms with van der Waals surface area (Å²) in [5, 5.41) is 4.75.